The smallest absolute Gasteiger partial charge is 0.340 e. The fourth-order valence-corrected chi connectivity index (χ4v) is 4.02. The Morgan fingerprint density at radius 3 is 2.54 bits per heavy atom. The first-order valence-electron chi connectivity index (χ1n) is 8.82. The van der Waals surface area contributed by atoms with E-state index in [2.05, 4.69) is 4.74 Å². The highest BCUT2D eigenvalue weighted by atomic mass is 16.8. The van der Waals surface area contributed by atoms with Gasteiger partial charge in [-0.05, 0) is 5.92 Å². The van der Waals surface area contributed by atoms with Gasteiger partial charge in [0.05, 0.1) is 19.6 Å². The fourth-order valence-electron chi connectivity index (χ4n) is 4.02. The number of aliphatic hydroxyl groups is 5. The molecule has 158 valence electrons. The van der Waals surface area contributed by atoms with Crippen molar-refractivity contribution >= 4 is 11.8 Å². The van der Waals surface area contributed by atoms with Crippen LogP contribution in [0.25, 0.3) is 0 Å². The lowest BCUT2D eigenvalue weighted by Crippen LogP contribution is -2.61. The molecule has 3 rings (SSSR count). The van der Waals surface area contributed by atoms with Crippen molar-refractivity contribution < 1.29 is 54.1 Å². The third-order valence-electron chi connectivity index (χ3n) is 5.57. The molecule has 0 radical (unpaired) electrons. The first-order valence-corrected chi connectivity index (χ1v) is 8.82. The highest BCUT2D eigenvalue weighted by molar-refractivity contribution is 6.04. The minimum atomic E-state index is -2.20. The lowest BCUT2D eigenvalue weighted by atomic mass is 9.79. The van der Waals surface area contributed by atoms with Crippen LogP contribution >= 0.6 is 0 Å². The van der Waals surface area contributed by atoms with Gasteiger partial charge >= 0.3 is 5.97 Å². The maximum atomic E-state index is 12.5. The van der Waals surface area contributed by atoms with Crippen LogP contribution in [-0.2, 0) is 28.5 Å². The molecular formula is C17H24O11. The first-order chi connectivity index (χ1) is 13.2. The molecule has 9 atom stereocenters. The second-order valence-corrected chi connectivity index (χ2v) is 7.26. The third kappa shape index (κ3) is 3.12. The van der Waals surface area contributed by atoms with Crippen LogP contribution in [0, 0.1) is 11.8 Å². The average Bonchev–Trinajstić information content (AvgIpc) is 2.91. The minimum absolute atomic E-state index is 0.0482. The summed E-state index contributed by atoms with van der Waals surface area (Å²) in [5.74, 6) is -3.01. The van der Waals surface area contributed by atoms with E-state index in [1.165, 1.54) is 0 Å². The molecule has 3 aliphatic rings. The van der Waals surface area contributed by atoms with E-state index in [-0.39, 0.29) is 12.0 Å². The standard InChI is InChI=1S/C17H24O11/c1-6-3-9(19)17(24)7(14(23)25-2)5-26-15(10(6)17)28-16-13(22)12(21)11(20)8(4-18)27-16/h5-6,8,10-13,15-16,18,20-22,24H,3-4H2,1-2H3/t6-,8+,10-,11+,12-,13-,15+,16+,17+/m0/s1. The number of fused-ring (bicyclic) bond motifs is 1. The van der Waals surface area contributed by atoms with E-state index < -0.39 is 72.8 Å². The summed E-state index contributed by atoms with van der Waals surface area (Å²) in [6, 6.07) is 0. The Kier molecular flexibility index (Phi) is 5.79. The van der Waals surface area contributed by atoms with E-state index in [1.54, 1.807) is 6.92 Å². The highest BCUT2D eigenvalue weighted by Crippen LogP contribution is 2.48. The summed E-state index contributed by atoms with van der Waals surface area (Å²) in [5.41, 5.74) is -2.56. The zero-order valence-corrected chi connectivity index (χ0v) is 15.3. The molecule has 0 amide bonds. The zero-order valence-electron chi connectivity index (χ0n) is 15.3. The monoisotopic (exact) mass is 404 g/mol. The highest BCUT2D eigenvalue weighted by Gasteiger charge is 2.63. The number of aliphatic hydroxyl groups excluding tert-OH is 4. The number of methoxy groups -OCH3 is 1. The van der Waals surface area contributed by atoms with Gasteiger partial charge in [0, 0.05) is 6.42 Å². The molecule has 1 saturated heterocycles. The Bertz CT molecular complexity index is 661. The van der Waals surface area contributed by atoms with Crippen molar-refractivity contribution in [3.63, 3.8) is 0 Å². The number of hydrogen-bond donors (Lipinski definition) is 5. The van der Waals surface area contributed by atoms with E-state index in [1.807, 2.05) is 0 Å². The summed E-state index contributed by atoms with van der Waals surface area (Å²) in [5, 5.41) is 50.2. The van der Waals surface area contributed by atoms with Crippen LogP contribution in [0.4, 0.5) is 0 Å². The van der Waals surface area contributed by atoms with Crippen LogP contribution in [-0.4, -0.2) is 93.6 Å². The number of carbonyl (C=O) groups excluding carboxylic acids is 2. The molecule has 0 aromatic rings. The van der Waals surface area contributed by atoms with Crippen molar-refractivity contribution in [3.05, 3.63) is 11.8 Å². The topological polar surface area (TPSA) is 172 Å². The van der Waals surface area contributed by atoms with Gasteiger partial charge < -0.3 is 44.5 Å². The normalized spacial score (nSPS) is 45.8. The second-order valence-electron chi connectivity index (χ2n) is 7.26. The van der Waals surface area contributed by atoms with Gasteiger partial charge in [-0.3, -0.25) is 4.79 Å². The zero-order chi connectivity index (χ0) is 20.8. The first kappa shape index (κ1) is 21.1. The van der Waals surface area contributed by atoms with E-state index in [9.17, 15) is 35.1 Å². The molecule has 0 aromatic carbocycles. The number of hydrogen-bond acceptors (Lipinski definition) is 11. The second kappa shape index (κ2) is 7.67. The van der Waals surface area contributed by atoms with Gasteiger partial charge in [0.1, 0.15) is 36.3 Å². The van der Waals surface area contributed by atoms with Gasteiger partial charge in [0.25, 0.3) is 0 Å². The Balaban J connectivity index is 1.88. The van der Waals surface area contributed by atoms with Crippen molar-refractivity contribution in [3.8, 4) is 0 Å². The van der Waals surface area contributed by atoms with Crippen molar-refractivity contribution in [2.45, 2.75) is 55.9 Å². The molecule has 11 heteroatoms. The van der Waals surface area contributed by atoms with E-state index in [4.69, 9.17) is 14.2 Å². The summed E-state index contributed by atoms with van der Waals surface area (Å²) in [7, 11) is 1.10. The predicted molar refractivity (Wildman–Crippen MR) is 87.1 cm³/mol. The molecular weight excluding hydrogens is 380 g/mol. The molecule has 0 bridgehead atoms. The minimum Gasteiger partial charge on any atom is -0.471 e. The van der Waals surface area contributed by atoms with Crippen LogP contribution in [0.2, 0.25) is 0 Å². The molecule has 0 spiro atoms. The molecule has 1 aliphatic carbocycles. The van der Waals surface area contributed by atoms with Crippen molar-refractivity contribution in [1.29, 1.82) is 0 Å². The molecule has 2 fully saturated rings. The number of ketones is 1. The van der Waals surface area contributed by atoms with Crippen molar-refractivity contribution in [2.24, 2.45) is 11.8 Å². The SMILES string of the molecule is COC(=O)C1=CO[C@H](O[C@H]2O[C@H](CO)[C@@H](O)[C@H](O)[C@@H]2O)[C@@H]2[C@@H](C)CC(=O)[C@]12O. The van der Waals surface area contributed by atoms with Gasteiger partial charge in [-0.1, -0.05) is 6.92 Å². The van der Waals surface area contributed by atoms with Crippen molar-refractivity contribution in [2.75, 3.05) is 13.7 Å². The van der Waals surface area contributed by atoms with Crippen LogP contribution in [0.15, 0.2) is 11.8 Å². The molecule has 2 aliphatic heterocycles. The summed E-state index contributed by atoms with van der Waals surface area (Å²) < 4.78 is 20.9. The maximum absolute atomic E-state index is 12.5. The number of esters is 1. The van der Waals surface area contributed by atoms with E-state index in [0.717, 1.165) is 13.4 Å². The Morgan fingerprint density at radius 2 is 1.93 bits per heavy atom. The summed E-state index contributed by atoms with van der Waals surface area (Å²) in [6.45, 7) is 1.01. The molecule has 1 saturated carbocycles. The quantitative estimate of drug-likeness (QED) is 0.306. The van der Waals surface area contributed by atoms with Crippen LogP contribution in [0.1, 0.15) is 13.3 Å². The van der Waals surface area contributed by atoms with Crippen molar-refractivity contribution in [1.82, 2.24) is 0 Å². The molecule has 0 aromatic heterocycles. The Morgan fingerprint density at radius 1 is 1.25 bits per heavy atom. The molecule has 28 heavy (non-hydrogen) atoms. The number of carbonyl (C=O) groups is 2. The summed E-state index contributed by atoms with van der Waals surface area (Å²) in [6.07, 6.45) is -8.14. The lowest BCUT2D eigenvalue weighted by Gasteiger charge is -2.44. The largest absolute Gasteiger partial charge is 0.471 e. The maximum Gasteiger partial charge on any atom is 0.340 e. The number of rotatable bonds is 4. The average molecular weight is 404 g/mol. The predicted octanol–water partition coefficient (Wildman–Crippen LogP) is -2.83. The fraction of sp³-hybridized carbons (Fsp3) is 0.765. The summed E-state index contributed by atoms with van der Waals surface area (Å²) >= 11 is 0. The van der Waals surface area contributed by atoms with Crippen LogP contribution < -0.4 is 0 Å². The van der Waals surface area contributed by atoms with Gasteiger partial charge in [0.2, 0.25) is 6.29 Å². The van der Waals surface area contributed by atoms with E-state index in [0.29, 0.717) is 0 Å². The van der Waals surface area contributed by atoms with Gasteiger partial charge in [0.15, 0.2) is 17.7 Å². The van der Waals surface area contributed by atoms with Crippen LogP contribution in [0.3, 0.4) is 0 Å². The Hall–Kier alpha value is -1.60. The van der Waals surface area contributed by atoms with E-state index >= 15 is 0 Å². The van der Waals surface area contributed by atoms with Crippen LogP contribution in [0.5, 0.6) is 0 Å². The molecule has 0 unspecified atom stereocenters. The Labute approximate surface area is 160 Å². The number of Topliss-reactive ketones (excluding diaryl/α,β-unsaturated/α-hetero) is 1. The van der Waals surface area contributed by atoms with Gasteiger partial charge in [-0.25, -0.2) is 4.79 Å². The van der Waals surface area contributed by atoms with Gasteiger partial charge in [-0.2, -0.15) is 0 Å². The molecule has 2 heterocycles. The summed E-state index contributed by atoms with van der Waals surface area (Å²) in [4.78, 5) is 24.5. The number of ether oxygens (including phenoxy) is 4. The third-order valence-corrected chi connectivity index (χ3v) is 5.57. The lowest BCUT2D eigenvalue weighted by molar-refractivity contribution is -0.346. The molecule has 11 nitrogen and oxygen atoms in total. The molecule has 5 N–H and O–H groups in total. The van der Waals surface area contributed by atoms with Gasteiger partial charge in [-0.15, -0.1) is 0 Å².